The van der Waals surface area contributed by atoms with Crippen molar-refractivity contribution in [3.05, 3.63) is 89.1 Å². The summed E-state index contributed by atoms with van der Waals surface area (Å²) in [4.78, 5) is 50.3. The predicted molar refractivity (Wildman–Crippen MR) is 201 cm³/mol. The number of ether oxygens (including phenoxy) is 1. The van der Waals surface area contributed by atoms with Crippen molar-refractivity contribution in [2.45, 2.75) is 56.4 Å². The molecule has 1 saturated carbocycles. The molecular weight excluding hydrogens is 653 g/mol. The van der Waals surface area contributed by atoms with Gasteiger partial charge in [0, 0.05) is 59.7 Å². The number of hydrogen-bond donors (Lipinski definition) is 6. The summed E-state index contributed by atoms with van der Waals surface area (Å²) in [6.07, 6.45) is 7.06. The predicted octanol–water partition coefficient (Wildman–Crippen LogP) is 4.91. The van der Waals surface area contributed by atoms with Gasteiger partial charge in [-0.15, -0.1) is 12.6 Å². The molecule has 2 aliphatic rings. The SMILES string of the molecule is CC(=O)N1CNCC1C(N)=O.COc1ccc2c(=O)cc(-c3ccccc3)[nH]c2c1.NC(=O)C1CC1CCCCCCNc1ccccc1S. The third-order valence-electron chi connectivity index (χ3n) is 8.86. The van der Waals surface area contributed by atoms with Crippen LogP contribution in [0.3, 0.4) is 0 Å². The summed E-state index contributed by atoms with van der Waals surface area (Å²) in [5.41, 5.74) is 14.0. The van der Waals surface area contributed by atoms with E-state index in [2.05, 4.69) is 34.3 Å². The smallest absolute Gasteiger partial charge is 0.241 e. The summed E-state index contributed by atoms with van der Waals surface area (Å²) >= 11 is 4.41. The molecule has 3 atom stereocenters. The number of methoxy groups -OCH3 is 1. The number of thiol groups is 1. The van der Waals surface area contributed by atoms with Crippen molar-refractivity contribution in [1.82, 2.24) is 15.2 Å². The van der Waals surface area contributed by atoms with Crippen LogP contribution in [0.5, 0.6) is 5.75 Å². The molecule has 50 heavy (non-hydrogen) atoms. The first kappa shape index (κ1) is 38.0. The molecule has 3 aromatic carbocycles. The van der Waals surface area contributed by atoms with Crippen LogP contribution in [0.15, 0.2) is 88.6 Å². The van der Waals surface area contributed by atoms with Gasteiger partial charge in [-0.3, -0.25) is 24.5 Å². The second kappa shape index (κ2) is 18.8. The molecule has 0 radical (unpaired) electrons. The summed E-state index contributed by atoms with van der Waals surface area (Å²) in [5, 5.41) is 6.97. The summed E-state index contributed by atoms with van der Waals surface area (Å²) < 4.78 is 5.19. The van der Waals surface area contributed by atoms with Crippen molar-refractivity contribution >= 4 is 46.9 Å². The van der Waals surface area contributed by atoms with Gasteiger partial charge in [-0.05, 0) is 55.0 Å². The maximum absolute atomic E-state index is 12.1. The zero-order chi connectivity index (χ0) is 36.0. The van der Waals surface area contributed by atoms with Crippen molar-refractivity contribution in [2.75, 3.05) is 32.2 Å². The van der Waals surface area contributed by atoms with E-state index in [9.17, 15) is 19.2 Å². The Morgan fingerprint density at radius 3 is 2.30 bits per heavy atom. The van der Waals surface area contributed by atoms with Crippen molar-refractivity contribution < 1.29 is 19.1 Å². The molecule has 0 bridgehead atoms. The Balaban J connectivity index is 0.000000176. The van der Waals surface area contributed by atoms with Crippen molar-refractivity contribution in [1.29, 1.82) is 0 Å². The van der Waals surface area contributed by atoms with Gasteiger partial charge < -0.3 is 31.4 Å². The number of para-hydroxylation sites is 1. The minimum absolute atomic E-state index is 0.00950. The normalized spacial score (nSPS) is 17.5. The fourth-order valence-electron chi connectivity index (χ4n) is 5.91. The van der Waals surface area contributed by atoms with Gasteiger partial charge in [-0.2, -0.15) is 0 Å². The fraction of sp³-hybridized carbons (Fsp3) is 0.368. The first-order valence-electron chi connectivity index (χ1n) is 16.9. The first-order valence-corrected chi connectivity index (χ1v) is 17.4. The number of benzene rings is 3. The van der Waals surface area contributed by atoms with E-state index in [1.165, 1.54) is 43.9 Å². The summed E-state index contributed by atoms with van der Waals surface area (Å²) in [5.74, 6) is 0.812. The molecule has 3 amide bonds. The molecule has 266 valence electrons. The Morgan fingerprint density at radius 1 is 0.940 bits per heavy atom. The van der Waals surface area contributed by atoms with E-state index in [4.69, 9.17) is 16.2 Å². The third-order valence-corrected chi connectivity index (χ3v) is 9.25. The second-order valence-corrected chi connectivity index (χ2v) is 13.0. The van der Waals surface area contributed by atoms with E-state index < -0.39 is 11.9 Å². The zero-order valence-electron chi connectivity index (χ0n) is 28.7. The minimum Gasteiger partial charge on any atom is -0.497 e. The number of amides is 3. The summed E-state index contributed by atoms with van der Waals surface area (Å²) in [6.45, 7) is 3.30. The maximum atomic E-state index is 12.1. The van der Waals surface area contributed by atoms with Gasteiger partial charge in [0.2, 0.25) is 17.7 Å². The molecule has 0 spiro atoms. The standard InChI is InChI=1S/C16H24N2OS.C16H13NO2.C6H11N3O2/c17-16(19)13-11-12(13)7-3-1-2-6-10-18-14-8-4-5-9-15(14)20;1-19-12-7-8-13-15(9-12)17-14(10-16(13)18)11-5-3-2-4-6-11;1-4(10)9-3-8-2-5(9)6(7)11/h4-5,8-9,12-13,18,20H,1-3,6-7,10-11H2,(H2,17,19);2-10H,1H3,(H,17,18);5,8H,2-3H2,1H3,(H2,7,11). The van der Waals surface area contributed by atoms with Gasteiger partial charge in [0.05, 0.1) is 19.3 Å². The molecular formula is C38H48N6O5S. The number of nitrogens with two attached hydrogens (primary N) is 2. The quantitative estimate of drug-likeness (QED) is 0.0900. The average molecular weight is 701 g/mol. The van der Waals surface area contributed by atoms with E-state index in [1.54, 1.807) is 25.3 Å². The van der Waals surface area contributed by atoms with Crippen LogP contribution < -0.4 is 32.3 Å². The average Bonchev–Trinajstić information content (AvgIpc) is 3.72. The number of nitrogens with zero attached hydrogens (tertiary/aromatic N) is 1. The summed E-state index contributed by atoms with van der Waals surface area (Å²) in [7, 11) is 1.61. The Bertz CT molecular complexity index is 1780. The van der Waals surface area contributed by atoms with Crippen LogP contribution in [-0.4, -0.2) is 60.5 Å². The molecule has 1 saturated heterocycles. The number of pyridine rings is 1. The fourth-order valence-corrected chi connectivity index (χ4v) is 6.14. The van der Waals surface area contributed by atoms with Crippen LogP contribution >= 0.6 is 12.6 Å². The number of carbonyl (C=O) groups is 3. The van der Waals surface area contributed by atoms with Gasteiger partial charge >= 0.3 is 0 Å². The highest BCUT2D eigenvalue weighted by Gasteiger charge is 2.40. The number of rotatable bonds is 12. The van der Waals surface area contributed by atoms with Crippen LogP contribution in [0.4, 0.5) is 5.69 Å². The van der Waals surface area contributed by atoms with Crippen molar-refractivity contribution in [3.63, 3.8) is 0 Å². The monoisotopic (exact) mass is 700 g/mol. The van der Waals surface area contributed by atoms with Crippen LogP contribution in [0.25, 0.3) is 22.2 Å². The largest absolute Gasteiger partial charge is 0.497 e. The highest BCUT2D eigenvalue weighted by molar-refractivity contribution is 7.80. The van der Waals surface area contributed by atoms with E-state index in [1.807, 2.05) is 54.6 Å². The Labute approximate surface area is 298 Å². The van der Waals surface area contributed by atoms with Crippen LogP contribution in [0.1, 0.15) is 45.4 Å². The number of unbranched alkanes of at least 4 members (excludes halogenated alkanes) is 3. The minimum atomic E-state index is -0.465. The number of aromatic amines is 1. The molecule has 11 nitrogen and oxygen atoms in total. The maximum Gasteiger partial charge on any atom is 0.241 e. The highest BCUT2D eigenvalue weighted by Crippen LogP contribution is 2.42. The lowest BCUT2D eigenvalue weighted by atomic mass is 10.1. The van der Waals surface area contributed by atoms with Gasteiger partial charge in [0.1, 0.15) is 11.8 Å². The number of hydrogen-bond acceptors (Lipinski definition) is 8. The molecule has 7 N–H and O–H groups in total. The number of primary amides is 2. The molecule has 1 aliphatic carbocycles. The lowest BCUT2D eigenvalue weighted by Gasteiger charge is -2.18. The lowest BCUT2D eigenvalue weighted by Crippen LogP contribution is -2.44. The number of anilines is 1. The molecule has 3 unspecified atom stereocenters. The van der Waals surface area contributed by atoms with E-state index >= 15 is 0 Å². The first-order chi connectivity index (χ1) is 24.1. The number of nitrogens with one attached hydrogen (secondary N) is 3. The zero-order valence-corrected chi connectivity index (χ0v) is 29.6. The Morgan fingerprint density at radius 2 is 1.66 bits per heavy atom. The van der Waals surface area contributed by atoms with Crippen molar-refractivity contribution in [3.8, 4) is 17.0 Å². The number of aromatic nitrogens is 1. The third kappa shape index (κ3) is 11.1. The van der Waals surface area contributed by atoms with E-state index in [0.717, 1.165) is 46.1 Å². The van der Waals surface area contributed by atoms with Gasteiger partial charge in [-0.25, -0.2) is 0 Å². The van der Waals surface area contributed by atoms with Crippen LogP contribution in [0, 0.1) is 11.8 Å². The van der Waals surface area contributed by atoms with Gasteiger partial charge in [0.25, 0.3) is 0 Å². The number of H-pyrrole nitrogens is 1. The van der Waals surface area contributed by atoms with Crippen LogP contribution in [0.2, 0.25) is 0 Å². The number of fused-ring (bicyclic) bond motifs is 1. The molecule has 1 aliphatic heterocycles. The van der Waals surface area contributed by atoms with Crippen molar-refractivity contribution in [2.24, 2.45) is 23.3 Å². The van der Waals surface area contributed by atoms with E-state index in [0.29, 0.717) is 24.5 Å². The van der Waals surface area contributed by atoms with Gasteiger partial charge in [0.15, 0.2) is 5.43 Å². The molecule has 4 aromatic rings. The molecule has 2 heterocycles. The topological polar surface area (TPSA) is 173 Å². The highest BCUT2D eigenvalue weighted by atomic mass is 32.1. The Hall–Kier alpha value is -4.81. The molecule has 12 heteroatoms. The van der Waals surface area contributed by atoms with Gasteiger partial charge in [-0.1, -0.05) is 61.7 Å². The number of carbonyl (C=O) groups excluding carboxylic acids is 3. The summed E-state index contributed by atoms with van der Waals surface area (Å²) in [6, 6.07) is 24.4. The molecule has 1 aromatic heterocycles. The van der Waals surface area contributed by atoms with E-state index in [-0.39, 0.29) is 23.2 Å². The van der Waals surface area contributed by atoms with Crippen LogP contribution in [-0.2, 0) is 14.4 Å². The lowest BCUT2D eigenvalue weighted by molar-refractivity contribution is -0.135. The molecule has 2 fully saturated rings. The molecule has 6 rings (SSSR count). The Kier molecular flexibility index (Phi) is 14.3. The second-order valence-electron chi connectivity index (χ2n) is 12.5.